The van der Waals surface area contributed by atoms with E-state index in [-0.39, 0.29) is 26.6 Å². The summed E-state index contributed by atoms with van der Waals surface area (Å²) in [5.74, 6) is 0.417. The summed E-state index contributed by atoms with van der Waals surface area (Å²) in [5, 5.41) is 3.33. The number of H-pyrrole nitrogens is 1. The molecule has 0 aliphatic rings. The van der Waals surface area contributed by atoms with E-state index >= 15 is 0 Å². The molecule has 0 aliphatic carbocycles. The fraction of sp³-hybridized carbons (Fsp3) is 0.0833. The zero-order chi connectivity index (χ0) is 24.1. The minimum Gasteiger partial charge on any atom is -0.495 e. The summed E-state index contributed by atoms with van der Waals surface area (Å²) in [7, 11) is -2.40. The summed E-state index contributed by atoms with van der Waals surface area (Å²) in [4.78, 5) is 20.2. The van der Waals surface area contributed by atoms with E-state index in [1.54, 1.807) is 36.4 Å². The Morgan fingerprint density at radius 2 is 1.74 bits per heavy atom. The molecule has 0 bridgehead atoms. The minimum atomic E-state index is -3.89. The Hall–Kier alpha value is -3.27. The Balaban J connectivity index is 1.62. The Labute approximate surface area is 206 Å². The highest BCUT2D eigenvalue weighted by Gasteiger charge is 2.26. The second-order valence-corrected chi connectivity index (χ2v) is 10.4. The number of halogens is 1. The fourth-order valence-corrected chi connectivity index (χ4v) is 5.78. The molecule has 0 atom stereocenters. The summed E-state index contributed by atoms with van der Waals surface area (Å²) < 4.78 is 31.9. The quantitative estimate of drug-likeness (QED) is 0.310. The van der Waals surface area contributed by atoms with E-state index in [1.165, 1.54) is 19.2 Å². The highest BCUT2D eigenvalue weighted by molar-refractivity contribution is 8.00. The Morgan fingerprint density at radius 3 is 2.41 bits per heavy atom. The van der Waals surface area contributed by atoms with Gasteiger partial charge in [-0.15, -0.1) is 0 Å². The van der Waals surface area contributed by atoms with Crippen LogP contribution in [0.3, 0.4) is 0 Å². The van der Waals surface area contributed by atoms with E-state index in [9.17, 15) is 13.2 Å². The molecular formula is C24H20ClN3O4S2. The van der Waals surface area contributed by atoms with Crippen LogP contribution < -0.4 is 10.1 Å². The maximum atomic E-state index is 13.3. The van der Waals surface area contributed by atoms with Crippen LogP contribution in [0, 0.1) is 0 Å². The lowest BCUT2D eigenvalue weighted by molar-refractivity contribution is -0.113. The molecule has 1 aromatic heterocycles. The van der Waals surface area contributed by atoms with Gasteiger partial charge in [-0.25, -0.2) is 13.4 Å². The first-order valence-electron chi connectivity index (χ1n) is 10.1. The Morgan fingerprint density at radius 1 is 1.06 bits per heavy atom. The maximum Gasteiger partial charge on any atom is 0.234 e. The predicted octanol–water partition coefficient (Wildman–Crippen LogP) is 5.30. The van der Waals surface area contributed by atoms with Crippen molar-refractivity contribution in [2.45, 2.75) is 14.9 Å². The third kappa shape index (κ3) is 5.27. The van der Waals surface area contributed by atoms with Crippen molar-refractivity contribution in [2.75, 3.05) is 18.2 Å². The van der Waals surface area contributed by atoms with Gasteiger partial charge in [0.05, 0.1) is 23.4 Å². The van der Waals surface area contributed by atoms with Gasteiger partial charge >= 0.3 is 0 Å². The number of ether oxygens (including phenoxy) is 1. The van der Waals surface area contributed by atoms with Crippen molar-refractivity contribution in [1.82, 2.24) is 9.97 Å². The SMILES string of the molecule is COc1ccc(Cl)cc1NC(=O)CSc1nc(-c2ccccc2)[nH]c1S(=O)(=O)c1ccccc1. The molecule has 3 aromatic carbocycles. The largest absolute Gasteiger partial charge is 0.495 e. The number of hydrogen-bond acceptors (Lipinski definition) is 6. The highest BCUT2D eigenvalue weighted by atomic mass is 35.5. The van der Waals surface area contributed by atoms with Crippen LogP contribution in [-0.2, 0) is 14.6 Å². The number of benzene rings is 3. The van der Waals surface area contributed by atoms with E-state index < -0.39 is 9.84 Å². The Kier molecular flexibility index (Phi) is 7.26. The standard InChI is InChI=1S/C24H20ClN3O4S2/c1-32-20-13-12-17(25)14-19(20)26-21(29)15-33-23-24(34(30,31)18-10-6-3-7-11-18)28-22(27-23)16-8-4-2-5-9-16/h2-14H,15H2,1H3,(H,26,29)(H,27,28). The summed E-state index contributed by atoms with van der Waals surface area (Å²) in [6.07, 6.45) is 0. The average molecular weight is 514 g/mol. The molecule has 34 heavy (non-hydrogen) atoms. The molecule has 10 heteroatoms. The van der Waals surface area contributed by atoms with Crippen LogP contribution in [0.25, 0.3) is 11.4 Å². The molecule has 174 valence electrons. The van der Waals surface area contributed by atoms with Gasteiger partial charge in [0.25, 0.3) is 0 Å². The number of nitrogens with one attached hydrogen (secondary N) is 2. The van der Waals surface area contributed by atoms with Crippen LogP contribution in [0.1, 0.15) is 0 Å². The van der Waals surface area contributed by atoms with Crippen LogP contribution in [-0.4, -0.2) is 37.2 Å². The van der Waals surface area contributed by atoms with E-state index in [2.05, 4.69) is 15.3 Å². The molecule has 2 N–H and O–H groups in total. The molecule has 0 saturated carbocycles. The molecule has 0 unspecified atom stereocenters. The summed E-state index contributed by atoms with van der Waals surface area (Å²) in [5.41, 5.74) is 1.15. The van der Waals surface area contributed by atoms with Gasteiger partial charge in [-0.1, -0.05) is 71.9 Å². The number of methoxy groups -OCH3 is 1. The number of carbonyl (C=O) groups is 1. The molecule has 7 nitrogen and oxygen atoms in total. The van der Waals surface area contributed by atoms with Crippen LogP contribution in [0.15, 0.2) is 93.8 Å². The maximum absolute atomic E-state index is 13.3. The van der Waals surface area contributed by atoms with Crippen LogP contribution in [0.5, 0.6) is 5.75 Å². The van der Waals surface area contributed by atoms with Crippen molar-refractivity contribution in [3.8, 4) is 17.1 Å². The number of sulfone groups is 1. The number of anilines is 1. The number of hydrogen-bond donors (Lipinski definition) is 2. The third-order valence-corrected chi connectivity index (χ3v) is 7.85. The van der Waals surface area contributed by atoms with E-state index in [0.717, 1.165) is 17.3 Å². The van der Waals surface area contributed by atoms with Crippen molar-refractivity contribution >= 4 is 44.8 Å². The fourth-order valence-electron chi connectivity index (χ4n) is 3.17. The topological polar surface area (TPSA) is 101 Å². The number of rotatable bonds is 8. The lowest BCUT2D eigenvalue weighted by Crippen LogP contribution is -2.15. The lowest BCUT2D eigenvalue weighted by Gasteiger charge is -2.10. The summed E-state index contributed by atoms with van der Waals surface area (Å²) in [6.45, 7) is 0. The van der Waals surface area contributed by atoms with Gasteiger partial charge in [0.15, 0.2) is 5.03 Å². The van der Waals surface area contributed by atoms with Gasteiger partial charge in [0.2, 0.25) is 15.7 Å². The van der Waals surface area contributed by atoms with Gasteiger partial charge < -0.3 is 15.0 Å². The first kappa shape index (κ1) is 23.9. The summed E-state index contributed by atoms with van der Waals surface area (Å²) in [6, 6.07) is 22.1. The third-order valence-electron chi connectivity index (χ3n) is 4.78. The van der Waals surface area contributed by atoms with E-state index in [0.29, 0.717) is 22.3 Å². The second-order valence-electron chi connectivity index (χ2n) is 7.08. The van der Waals surface area contributed by atoms with Gasteiger partial charge in [-0.2, -0.15) is 0 Å². The number of nitrogens with zero attached hydrogens (tertiary/aromatic N) is 1. The molecular weight excluding hydrogens is 494 g/mol. The van der Waals surface area contributed by atoms with E-state index in [1.807, 2.05) is 30.3 Å². The molecule has 4 aromatic rings. The van der Waals surface area contributed by atoms with Crippen LogP contribution in [0.2, 0.25) is 5.02 Å². The molecule has 1 heterocycles. The molecule has 0 saturated heterocycles. The normalized spacial score (nSPS) is 11.2. The van der Waals surface area contributed by atoms with Gasteiger partial charge in [-0.3, -0.25) is 4.79 Å². The van der Waals surface area contributed by atoms with Crippen molar-refractivity contribution in [3.63, 3.8) is 0 Å². The molecule has 0 fully saturated rings. The monoisotopic (exact) mass is 513 g/mol. The minimum absolute atomic E-state index is 0.0595. The number of thioether (sulfide) groups is 1. The average Bonchev–Trinajstić information content (AvgIpc) is 3.29. The van der Waals surface area contributed by atoms with Gasteiger partial charge in [-0.05, 0) is 30.3 Å². The Bertz CT molecular complexity index is 1410. The van der Waals surface area contributed by atoms with Crippen LogP contribution in [0.4, 0.5) is 5.69 Å². The number of amides is 1. The molecule has 1 amide bonds. The highest BCUT2D eigenvalue weighted by Crippen LogP contribution is 2.33. The number of imidazole rings is 1. The molecule has 0 spiro atoms. The van der Waals surface area contributed by atoms with Crippen molar-refractivity contribution in [1.29, 1.82) is 0 Å². The number of aromatic amines is 1. The summed E-state index contributed by atoms with van der Waals surface area (Å²) >= 11 is 7.05. The number of aromatic nitrogens is 2. The van der Waals surface area contributed by atoms with Gasteiger partial charge in [0, 0.05) is 10.6 Å². The molecule has 4 rings (SSSR count). The number of carbonyl (C=O) groups excluding carboxylic acids is 1. The zero-order valence-corrected chi connectivity index (χ0v) is 20.4. The van der Waals surface area contributed by atoms with Crippen molar-refractivity contribution in [2.24, 2.45) is 0 Å². The predicted molar refractivity (Wildman–Crippen MR) is 133 cm³/mol. The molecule has 0 aliphatic heterocycles. The van der Waals surface area contributed by atoms with E-state index in [4.69, 9.17) is 16.3 Å². The zero-order valence-electron chi connectivity index (χ0n) is 18.0. The van der Waals surface area contributed by atoms with Crippen molar-refractivity contribution in [3.05, 3.63) is 83.9 Å². The second kappa shape index (κ2) is 10.3. The van der Waals surface area contributed by atoms with Crippen molar-refractivity contribution < 1.29 is 17.9 Å². The first-order chi connectivity index (χ1) is 16.4. The van der Waals surface area contributed by atoms with Gasteiger partial charge in [0.1, 0.15) is 16.6 Å². The first-order valence-corrected chi connectivity index (χ1v) is 12.9. The lowest BCUT2D eigenvalue weighted by atomic mass is 10.2. The van der Waals surface area contributed by atoms with Crippen LogP contribution >= 0.6 is 23.4 Å². The smallest absolute Gasteiger partial charge is 0.234 e. The molecule has 0 radical (unpaired) electrons.